The maximum Gasteiger partial charge on any atom is 0.276 e. The van der Waals surface area contributed by atoms with Gasteiger partial charge in [-0.1, -0.05) is 47.1 Å². The molecule has 0 radical (unpaired) electrons. The van der Waals surface area contributed by atoms with Crippen LogP contribution >= 0.6 is 11.6 Å². The number of morpholine rings is 1. The molecule has 2 aromatic rings. The monoisotopic (exact) mass is 415 g/mol. The van der Waals surface area contributed by atoms with Crippen molar-refractivity contribution in [3.05, 3.63) is 52.8 Å². The van der Waals surface area contributed by atoms with Gasteiger partial charge in [-0.25, -0.2) is 4.68 Å². The van der Waals surface area contributed by atoms with E-state index in [0.717, 1.165) is 43.1 Å². The summed E-state index contributed by atoms with van der Waals surface area (Å²) in [4.78, 5) is 16.7. The number of piperidine rings is 1. The SMILES string of the molecule is O=C(c1cn(C2CCN(C/C(Cl)=C/c3ccccc3)CC2)nn1)N1CCOCC1. The van der Waals surface area contributed by atoms with Gasteiger partial charge in [0.2, 0.25) is 0 Å². The lowest BCUT2D eigenvalue weighted by Gasteiger charge is -2.31. The van der Waals surface area contributed by atoms with Crippen molar-refractivity contribution in [2.75, 3.05) is 45.9 Å². The first-order valence-corrected chi connectivity index (χ1v) is 10.5. The number of likely N-dealkylation sites (tertiary alicyclic amines) is 1. The number of amides is 1. The van der Waals surface area contributed by atoms with Crippen LogP contribution in [0.15, 0.2) is 41.6 Å². The summed E-state index contributed by atoms with van der Waals surface area (Å²) in [7, 11) is 0. The third-order valence-corrected chi connectivity index (χ3v) is 5.69. The Labute approximate surface area is 175 Å². The van der Waals surface area contributed by atoms with Gasteiger partial charge in [0.1, 0.15) is 0 Å². The van der Waals surface area contributed by atoms with Gasteiger partial charge in [-0.05, 0) is 24.5 Å². The second-order valence-corrected chi connectivity index (χ2v) is 7.98. The van der Waals surface area contributed by atoms with Crippen molar-refractivity contribution in [1.82, 2.24) is 24.8 Å². The minimum Gasteiger partial charge on any atom is -0.378 e. The van der Waals surface area contributed by atoms with Crippen LogP contribution in [0.3, 0.4) is 0 Å². The number of ether oxygens (including phenoxy) is 1. The van der Waals surface area contributed by atoms with Crippen LogP contribution in [-0.2, 0) is 4.74 Å². The number of rotatable bonds is 5. The van der Waals surface area contributed by atoms with Crippen molar-refractivity contribution >= 4 is 23.6 Å². The van der Waals surface area contributed by atoms with E-state index >= 15 is 0 Å². The predicted molar refractivity (Wildman–Crippen MR) is 112 cm³/mol. The van der Waals surface area contributed by atoms with Crippen LogP contribution in [0.2, 0.25) is 0 Å². The molecule has 2 aliphatic heterocycles. The summed E-state index contributed by atoms with van der Waals surface area (Å²) in [6.45, 7) is 5.02. The largest absolute Gasteiger partial charge is 0.378 e. The Morgan fingerprint density at radius 2 is 1.86 bits per heavy atom. The average Bonchev–Trinajstić information content (AvgIpc) is 3.25. The molecule has 1 aromatic heterocycles. The molecule has 0 saturated carbocycles. The molecule has 3 heterocycles. The molecule has 0 bridgehead atoms. The quantitative estimate of drug-likeness (QED) is 0.751. The number of aromatic nitrogens is 3. The van der Waals surface area contributed by atoms with Crippen molar-refractivity contribution in [3.8, 4) is 0 Å². The van der Waals surface area contributed by atoms with Gasteiger partial charge in [-0.15, -0.1) is 5.10 Å². The maximum absolute atomic E-state index is 12.5. The lowest BCUT2D eigenvalue weighted by atomic mass is 10.1. The van der Waals surface area contributed by atoms with Crippen LogP contribution in [0.5, 0.6) is 0 Å². The lowest BCUT2D eigenvalue weighted by molar-refractivity contribution is 0.0299. The first-order valence-electron chi connectivity index (χ1n) is 10.1. The standard InChI is InChI=1S/C21H26ClN5O2/c22-18(14-17-4-2-1-3-5-17)15-25-8-6-19(7-9-25)27-16-20(23-24-27)21(28)26-10-12-29-13-11-26/h1-5,14,16,19H,6-13,15H2/b18-14-. The number of nitrogens with zero attached hydrogens (tertiary/aromatic N) is 5. The van der Waals surface area contributed by atoms with Gasteiger partial charge in [-0.3, -0.25) is 9.69 Å². The number of halogens is 1. The smallest absolute Gasteiger partial charge is 0.276 e. The molecule has 1 amide bonds. The minimum atomic E-state index is -0.0604. The summed E-state index contributed by atoms with van der Waals surface area (Å²) < 4.78 is 7.16. The average molecular weight is 416 g/mol. The van der Waals surface area contributed by atoms with Gasteiger partial charge in [0, 0.05) is 37.8 Å². The molecule has 0 unspecified atom stereocenters. The predicted octanol–water partition coefficient (Wildman–Crippen LogP) is 2.67. The molecule has 0 aliphatic carbocycles. The Kier molecular flexibility index (Phi) is 6.59. The first kappa shape index (κ1) is 20.1. The molecule has 0 N–H and O–H groups in total. The van der Waals surface area contributed by atoms with Gasteiger partial charge in [0.05, 0.1) is 25.5 Å². The molecular formula is C21H26ClN5O2. The van der Waals surface area contributed by atoms with E-state index in [1.165, 1.54) is 0 Å². The zero-order valence-electron chi connectivity index (χ0n) is 16.4. The highest BCUT2D eigenvalue weighted by Crippen LogP contribution is 2.23. The molecule has 2 aliphatic rings. The Bertz CT molecular complexity index is 840. The molecule has 154 valence electrons. The molecule has 29 heavy (non-hydrogen) atoms. The Balaban J connectivity index is 1.29. The number of carbonyl (C=O) groups is 1. The van der Waals surface area contributed by atoms with Gasteiger partial charge in [-0.2, -0.15) is 0 Å². The molecule has 2 saturated heterocycles. The van der Waals surface area contributed by atoms with Gasteiger partial charge >= 0.3 is 0 Å². The third kappa shape index (κ3) is 5.23. The maximum atomic E-state index is 12.5. The van der Waals surface area contributed by atoms with Crippen LogP contribution < -0.4 is 0 Å². The fourth-order valence-electron chi connectivity index (χ4n) is 3.81. The van der Waals surface area contributed by atoms with Crippen molar-refractivity contribution in [2.45, 2.75) is 18.9 Å². The van der Waals surface area contributed by atoms with E-state index in [9.17, 15) is 4.79 Å². The van der Waals surface area contributed by atoms with Crippen molar-refractivity contribution in [3.63, 3.8) is 0 Å². The summed E-state index contributed by atoms with van der Waals surface area (Å²) in [6, 6.07) is 10.4. The van der Waals surface area contributed by atoms with Gasteiger partial charge in [0.25, 0.3) is 5.91 Å². The van der Waals surface area contributed by atoms with Gasteiger partial charge in [0.15, 0.2) is 5.69 Å². The van der Waals surface area contributed by atoms with Crippen molar-refractivity contribution < 1.29 is 9.53 Å². The lowest BCUT2D eigenvalue weighted by Crippen LogP contribution is -2.40. The molecule has 8 heteroatoms. The van der Waals surface area contributed by atoms with E-state index in [-0.39, 0.29) is 11.9 Å². The highest BCUT2D eigenvalue weighted by molar-refractivity contribution is 6.31. The molecule has 0 spiro atoms. The Morgan fingerprint density at radius 1 is 1.14 bits per heavy atom. The summed E-state index contributed by atoms with van der Waals surface area (Å²) >= 11 is 6.45. The van der Waals surface area contributed by atoms with Crippen LogP contribution in [0.4, 0.5) is 0 Å². The normalized spacial score (nSPS) is 19.5. The molecule has 7 nitrogen and oxygen atoms in total. The zero-order chi connectivity index (χ0) is 20.1. The van der Waals surface area contributed by atoms with Crippen LogP contribution in [0.25, 0.3) is 6.08 Å². The number of hydrogen-bond donors (Lipinski definition) is 0. The second kappa shape index (κ2) is 9.52. The molecule has 0 atom stereocenters. The number of carbonyl (C=O) groups excluding carboxylic acids is 1. The summed E-state index contributed by atoms with van der Waals surface area (Å²) in [5.74, 6) is -0.0604. The van der Waals surface area contributed by atoms with E-state index in [1.54, 1.807) is 11.1 Å². The Hall–Kier alpha value is -2.22. The fourth-order valence-corrected chi connectivity index (χ4v) is 4.11. The highest BCUT2D eigenvalue weighted by Gasteiger charge is 2.25. The van der Waals surface area contributed by atoms with Crippen molar-refractivity contribution in [2.24, 2.45) is 0 Å². The van der Waals surface area contributed by atoms with Crippen LogP contribution in [-0.4, -0.2) is 76.6 Å². The Morgan fingerprint density at radius 3 is 2.59 bits per heavy atom. The molecule has 4 rings (SSSR count). The van der Waals surface area contributed by atoms with Crippen LogP contribution in [0, 0.1) is 0 Å². The number of benzene rings is 1. The van der Waals surface area contributed by atoms with Crippen LogP contribution in [0.1, 0.15) is 34.9 Å². The fraction of sp³-hybridized carbons (Fsp3) is 0.476. The van der Waals surface area contributed by atoms with Gasteiger partial charge < -0.3 is 9.64 Å². The van der Waals surface area contributed by atoms with E-state index in [1.807, 2.05) is 29.0 Å². The van der Waals surface area contributed by atoms with E-state index in [0.29, 0.717) is 32.0 Å². The zero-order valence-corrected chi connectivity index (χ0v) is 17.2. The molecule has 2 fully saturated rings. The number of hydrogen-bond acceptors (Lipinski definition) is 5. The molecular weight excluding hydrogens is 390 g/mol. The summed E-state index contributed by atoms with van der Waals surface area (Å²) in [5.41, 5.74) is 1.54. The topological polar surface area (TPSA) is 63.5 Å². The minimum absolute atomic E-state index is 0.0604. The van der Waals surface area contributed by atoms with E-state index in [4.69, 9.17) is 16.3 Å². The molecule has 1 aromatic carbocycles. The second-order valence-electron chi connectivity index (χ2n) is 7.50. The van der Waals surface area contributed by atoms with Crippen molar-refractivity contribution in [1.29, 1.82) is 0 Å². The van der Waals surface area contributed by atoms with E-state index < -0.39 is 0 Å². The van der Waals surface area contributed by atoms with E-state index in [2.05, 4.69) is 27.3 Å². The summed E-state index contributed by atoms with van der Waals surface area (Å²) in [5, 5.41) is 9.19. The third-order valence-electron chi connectivity index (χ3n) is 5.46. The first-order chi connectivity index (χ1) is 14.2. The summed E-state index contributed by atoms with van der Waals surface area (Å²) in [6.07, 6.45) is 5.74. The highest BCUT2D eigenvalue weighted by atomic mass is 35.5.